The van der Waals surface area contributed by atoms with Crippen LogP contribution in [0.5, 0.6) is 0 Å². The lowest BCUT2D eigenvalue weighted by Crippen LogP contribution is -2.24. The maximum absolute atomic E-state index is 11.4. The predicted octanol–water partition coefficient (Wildman–Crippen LogP) is 2.25. The topological polar surface area (TPSA) is 29.5 Å². The quantitative estimate of drug-likeness (QED) is 0.703. The molecule has 1 heterocycles. The van der Waals surface area contributed by atoms with Crippen LogP contribution >= 0.6 is 11.6 Å². The fraction of sp³-hybridized carbons (Fsp3) is 0.300. The minimum atomic E-state index is -0.318. The smallest absolute Gasteiger partial charge is 0.414 e. The second-order valence-electron chi connectivity index (χ2n) is 3.11. The third-order valence-corrected chi connectivity index (χ3v) is 2.46. The summed E-state index contributed by atoms with van der Waals surface area (Å²) >= 11 is 5.62. The van der Waals surface area contributed by atoms with Crippen molar-refractivity contribution >= 4 is 23.4 Å². The molecule has 74 valence electrons. The first kappa shape index (κ1) is 9.34. The van der Waals surface area contributed by atoms with E-state index in [1.54, 1.807) is 4.90 Å². The lowest BCUT2D eigenvalue weighted by molar-refractivity contribution is 0.151. The maximum Gasteiger partial charge on any atom is 0.414 e. The Morgan fingerprint density at radius 1 is 1.43 bits per heavy atom. The molecular formula is C10H10ClNO2. The first-order valence-electron chi connectivity index (χ1n) is 4.40. The number of para-hydroxylation sites is 1. The Labute approximate surface area is 87.2 Å². The summed E-state index contributed by atoms with van der Waals surface area (Å²) in [6, 6.07) is 9.42. The van der Waals surface area contributed by atoms with E-state index in [-0.39, 0.29) is 12.2 Å². The van der Waals surface area contributed by atoms with Crippen LogP contribution in [-0.2, 0) is 4.74 Å². The first-order chi connectivity index (χ1) is 6.81. The van der Waals surface area contributed by atoms with Gasteiger partial charge in [0.25, 0.3) is 0 Å². The number of hydrogen-bond acceptors (Lipinski definition) is 2. The van der Waals surface area contributed by atoms with Gasteiger partial charge in [0, 0.05) is 5.69 Å². The van der Waals surface area contributed by atoms with E-state index in [4.69, 9.17) is 16.3 Å². The van der Waals surface area contributed by atoms with Crippen molar-refractivity contribution in [1.29, 1.82) is 0 Å². The Balaban J connectivity index is 2.17. The van der Waals surface area contributed by atoms with Gasteiger partial charge in [0.1, 0.15) is 6.10 Å². The number of ether oxygens (including phenoxy) is 1. The predicted molar refractivity (Wildman–Crippen MR) is 54.8 cm³/mol. The van der Waals surface area contributed by atoms with Crippen LogP contribution in [-0.4, -0.2) is 24.6 Å². The number of nitrogens with zero attached hydrogens (tertiary/aromatic N) is 1. The van der Waals surface area contributed by atoms with Crippen molar-refractivity contribution in [3.05, 3.63) is 30.3 Å². The fourth-order valence-electron chi connectivity index (χ4n) is 1.42. The average molecular weight is 212 g/mol. The Bertz CT molecular complexity index is 328. The van der Waals surface area contributed by atoms with E-state index >= 15 is 0 Å². The molecule has 1 aliphatic heterocycles. The van der Waals surface area contributed by atoms with Crippen LogP contribution in [0.2, 0.25) is 0 Å². The molecule has 0 unspecified atom stereocenters. The van der Waals surface area contributed by atoms with E-state index in [1.807, 2.05) is 30.3 Å². The highest BCUT2D eigenvalue weighted by atomic mass is 35.5. The van der Waals surface area contributed by atoms with Crippen molar-refractivity contribution in [2.75, 3.05) is 17.3 Å². The molecule has 0 saturated carbocycles. The van der Waals surface area contributed by atoms with Crippen LogP contribution < -0.4 is 4.90 Å². The van der Waals surface area contributed by atoms with Gasteiger partial charge in [-0.15, -0.1) is 11.6 Å². The molecule has 14 heavy (non-hydrogen) atoms. The van der Waals surface area contributed by atoms with E-state index < -0.39 is 0 Å². The van der Waals surface area contributed by atoms with Crippen molar-refractivity contribution in [2.24, 2.45) is 0 Å². The molecule has 1 saturated heterocycles. The van der Waals surface area contributed by atoms with E-state index in [0.717, 1.165) is 5.69 Å². The molecule has 0 aromatic heterocycles. The van der Waals surface area contributed by atoms with Crippen LogP contribution in [0.3, 0.4) is 0 Å². The van der Waals surface area contributed by atoms with Gasteiger partial charge in [-0.2, -0.15) is 0 Å². The zero-order chi connectivity index (χ0) is 9.97. The Hall–Kier alpha value is -1.22. The number of cyclic esters (lactones) is 1. The summed E-state index contributed by atoms with van der Waals surface area (Å²) in [7, 11) is 0. The van der Waals surface area contributed by atoms with Gasteiger partial charge >= 0.3 is 6.09 Å². The Morgan fingerprint density at radius 2 is 2.14 bits per heavy atom. The summed E-state index contributed by atoms with van der Waals surface area (Å²) in [6.07, 6.45) is -0.508. The molecule has 3 nitrogen and oxygen atoms in total. The van der Waals surface area contributed by atoms with Crippen LogP contribution in [0.1, 0.15) is 0 Å². The molecule has 4 heteroatoms. The normalized spacial score (nSPS) is 21.1. The minimum absolute atomic E-state index is 0.190. The molecule has 0 radical (unpaired) electrons. The van der Waals surface area contributed by atoms with E-state index in [9.17, 15) is 4.79 Å². The molecule has 0 N–H and O–H groups in total. The lowest BCUT2D eigenvalue weighted by atomic mass is 10.3. The van der Waals surface area contributed by atoms with Crippen molar-refractivity contribution < 1.29 is 9.53 Å². The summed E-state index contributed by atoms with van der Waals surface area (Å²) in [5, 5.41) is 0. The number of rotatable bonds is 2. The van der Waals surface area contributed by atoms with Crippen molar-refractivity contribution in [3.8, 4) is 0 Å². The van der Waals surface area contributed by atoms with E-state index in [2.05, 4.69) is 0 Å². The van der Waals surface area contributed by atoms with Gasteiger partial charge in [-0.25, -0.2) is 4.79 Å². The monoisotopic (exact) mass is 211 g/mol. The Kier molecular flexibility index (Phi) is 2.59. The number of amides is 1. The van der Waals surface area contributed by atoms with Crippen LogP contribution in [0, 0.1) is 0 Å². The largest absolute Gasteiger partial charge is 0.443 e. The summed E-state index contributed by atoms with van der Waals surface area (Å²) in [4.78, 5) is 13.0. The van der Waals surface area contributed by atoms with E-state index in [0.29, 0.717) is 12.4 Å². The van der Waals surface area contributed by atoms with Gasteiger partial charge in [-0.1, -0.05) is 18.2 Å². The molecule has 1 atom stereocenters. The molecule has 1 aromatic rings. The zero-order valence-corrected chi connectivity index (χ0v) is 8.28. The zero-order valence-electron chi connectivity index (χ0n) is 7.52. The number of carbonyl (C=O) groups excluding carboxylic acids is 1. The second kappa shape index (κ2) is 3.88. The molecule has 1 amide bonds. The fourth-order valence-corrected chi connectivity index (χ4v) is 1.58. The summed E-state index contributed by atoms with van der Waals surface area (Å²) in [5.41, 5.74) is 0.852. The summed E-state index contributed by atoms with van der Waals surface area (Å²) in [6.45, 7) is 0.534. The van der Waals surface area contributed by atoms with Crippen LogP contribution in [0.25, 0.3) is 0 Å². The SMILES string of the molecule is O=C1O[C@H](CCl)CN1c1ccccc1. The molecular weight excluding hydrogens is 202 g/mol. The number of anilines is 1. The number of alkyl halides is 1. The van der Waals surface area contributed by atoms with Gasteiger partial charge in [-0.05, 0) is 12.1 Å². The number of halogens is 1. The summed E-state index contributed by atoms with van der Waals surface area (Å²) in [5.74, 6) is 0.342. The molecule has 1 aromatic carbocycles. The van der Waals surface area contributed by atoms with Gasteiger partial charge in [0.15, 0.2) is 0 Å². The number of benzene rings is 1. The van der Waals surface area contributed by atoms with E-state index in [1.165, 1.54) is 0 Å². The standard InChI is InChI=1S/C10H10ClNO2/c11-6-9-7-12(10(13)14-9)8-4-2-1-3-5-8/h1-5,9H,6-7H2/t9-/m1/s1. The van der Waals surface area contributed by atoms with Crippen LogP contribution in [0.4, 0.5) is 10.5 Å². The van der Waals surface area contributed by atoms with Gasteiger partial charge in [0.05, 0.1) is 12.4 Å². The lowest BCUT2D eigenvalue weighted by Gasteiger charge is -2.11. The second-order valence-corrected chi connectivity index (χ2v) is 3.41. The third kappa shape index (κ3) is 1.68. The average Bonchev–Trinajstić information content (AvgIpc) is 2.61. The van der Waals surface area contributed by atoms with Gasteiger partial charge < -0.3 is 4.74 Å². The maximum atomic E-state index is 11.4. The molecule has 1 aliphatic rings. The highest BCUT2D eigenvalue weighted by molar-refractivity contribution is 6.18. The first-order valence-corrected chi connectivity index (χ1v) is 4.94. The molecule has 0 spiro atoms. The van der Waals surface area contributed by atoms with Crippen molar-refractivity contribution in [2.45, 2.75) is 6.10 Å². The van der Waals surface area contributed by atoms with Gasteiger partial charge in [-0.3, -0.25) is 4.90 Å². The molecule has 1 fully saturated rings. The Morgan fingerprint density at radius 3 is 2.71 bits per heavy atom. The van der Waals surface area contributed by atoms with Gasteiger partial charge in [0.2, 0.25) is 0 Å². The highest BCUT2D eigenvalue weighted by Gasteiger charge is 2.31. The molecule has 2 rings (SSSR count). The number of hydrogen-bond donors (Lipinski definition) is 0. The van der Waals surface area contributed by atoms with Crippen LogP contribution in [0.15, 0.2) is 30.3 Å². The molecule has 0 aliphatic carbocycles. The third-order valence-electron chi connectivity index (χ3n) is 2.11. The van der Waals surface area contributed by atoms with Crippen molar-refractivity contribution in [3.63, 3.8) is 0 Å². The van der Waals surface area contributed by atoms with Crippen molar-refractivity contribution in [1.82, 2.24) is 0 Å². The number of carbonyl (C=O) groups is 1. The minimum Gasteiger partial charge on any atom is -0.443 e. The highest BCUT2D eigenvalue weighted by Crippen LogP contribution is 2.21. The molecule has 0 bridgehead atoms. The summed E-state index contributed by atoms with van der Waals surface area (Å²) < 4.78 is 5.03.